The number of rotatable bonds is 2. The molecule has 0 saturated carbocycles. The lowest BCUT2D eigenvalue weighted by molar-refractivity contribution is -0.142. The molecule has 0 spiro atoms. The molecule has 5 nitrogen and oxygen atoms in total. The SMILES string of the molecule is CC(=O)c1cc2ccc(OC(=O)C(C)(C)C)cc2oc1=O. The Morgan fingerprint density at radius 3 is 2.38 bits per heavy atom. The van der Waals surface area contributed by atoms with Crippen LogP contribution in [0.3, 0.4) is 0 Å². The predicted octanol–water partition coefficient (Wildman–Crippen LogP) is 2.95. The first kappa shape index (κ1) is 15.0. The zero-order chi connectivity index (χ0) is 15.8. The molecule has 0 amide bonds. The lowest BCUT2D eigenvalue weighted by atomic mass is 9.97. The van der Waals surface area contributed by atoms with Crippen molar-refractivity contribution in [1.29, 1.82) is 0 Å². The topological polar surface area (TPSA) is 73.6 Å². The van der Waals surface area contributed by atoms with Gasteiger partial charge in [-0.3, -0.25) is 9.59 Å². The highest BCUT2D eigenvalue weighted by molar-refractivity contribution is 5.96. The summed E-state index contributed by atoms with van der Waals surface area (Å²) in [5, 5.41) is 0.593. The molecular formula is C16H16O5. The molecule has 1 aromatic heterocycles. The van der Waals surface area contributed by atoms with E-state index in [4.69, 9.17) is 9.15 Å². The molecule has 2 rings (SSSR count). The summed E-state index contributed by atoms with van der Waals surface area (Å²) >= 11 is 0. The smallest absolute Gasteiger partial charge is 0.347 e. The third-order valence-electron chi connectivity index (χ3n) is 2.91. The number of benzene rings is 1. The van der Waals surface area contributed by atoms with Gasteiger partial charge < -0.3 is 9.15 Å². The highest BCUT2D eigenvalue weighted by Crippen LogP contribution is 2.23. The zero-order valence-electron chi connectivity index (χ0n) is 12.4. The number of carbonyl (C=O) groups is 2. The number of carbonyl (C=O) groups excluding carboxylic acids is 2. The molecule has 21 heavy (non-hydrogen) atoms. The molecule has 0 radical (unpaired) electrons. The summed E-state index contributed by atoms with van der Waals surface area (Å²) in [6.45, 7) is 6.54. The van der Waals surface area contributed by atoms with E-state index in [2.05, 4.69) is 0 Å². The van der Waals surface area contributed by atoms with E-state index in [1.165, 1.54) is 19.1 Å². The Balaban J connectivity index is 2.44. The van der Waals surface area contributed by atoms with Crippen molar-refractivity contribution in [2.45, 2.75) is 27.7 Å². The number of ketones is 1. The van der Waals surface area contributed by atoms with E-state index < -0.39 is 11.0 Å². The van der Waals surface area contributed by atoms with Gasteiger partial charge in [-0.05, 0) is 45.9 Å². The average molecular weight is 288 g/mol. The van der Waals surface area contributed by atoms with E-state index >= 15 is 0 Å². The molecule has 1 aromatic carbocycles. The quantitative estimate of drug-likeness (QED) is 0.367. The molecule has 0 fully saturated rings. The van der Waals surface area contributed by atoms with Crippen molar-refractivity contribution < 1.29 is 18.7 Å². The van der Waals surface area contributed by atoms with Gasteiger partial charge in [0.15, 0.2) is 5.78 Å². The number of ether oxygens (including phenoxy) is 1. The van der Waals surface area contributed by atoms with Gasteiger partial charge in [0.2, 0.25) is 0 Å². The predicted molar refractivity (Wildman–Crippen MR) is 77.6 cm³/mol. The molecule has 1 heterocycles. The number of Topliss-reactive ketones (excluding diaryl/α,β-unsaturated/α-hetero) is 1. The van der Waals surface area contributed by atoms with E-state index in [1.807, 2.05) is 0 Å². The molecule has 0 unspecified atom stereocenters. The van der Waals surface area contributed by atoms with Crippen molar-refractivity contribution in [3.8, 4) is 5.75 Å². The van der Waals surface area contributed by atoms with Gasteiger partial charge in [-0.2, -0.15) is 0 Å². The minimum absolute atomic E-state index is 0.00179. The summed E-state index contributed by atoms with van der Waals surface area (Å²) in [4.78, 5) is 34.8. The maximum absolute atomic E-state index is 11.8. The van der Waals surface area contributed by atoms with E-state index in [9.17, 15) is 14.4 Å². The van der Waals surface area contributed by atoms with Crippen LogP contribution in [0.15, 0.2) is 33.5 Å². The normalized spacial score (nSPS) is 11.4. The van der Waals surface area contributed by atoms with E-state index in [-0.39, 0.29) is 22.9 Å². The first-order valence-electron chi connectivity index (χ1n) is 6.49. The second kappa shape index (κ2) is 5.16. The van der Waals surface area contributed by atoms with Gasteiger partial charge in [0.25, 0.3) is 0 Å². The molecule has 0 atom stereocenters. The Morgan fingerprint density at radius 2 is 1.81 bits per heavy atom. The Labute approximate surface area is 121 Å². The van der Waals surface area contributed by atoms with Crippen LogP contribution in [-0.4, -0.2) is 11.8 Å². The van der Waals surface area contributed by atoms with Crippen molar-refractivity contribution in [1.82, 2.24) is 0 Å². The minimum atomic E-state index is -0.700. The highest BCUT2D eigenvalue weighted by Gasteiger charge is 2.24. The lowest BCUT2D eigenvalue weighted by Gasteiger charge is -2.16. The van der Waals surface area contributed by atoms with Gasteiger partial charge in [-0.1, -0.05) is 0 Å². The van der Waals surface area contributed by atoms with E-state index in [0.29, 0.717) is 11.1 Å². The first-order valence-corrected chi connectivity index (χ1v) is 6.49. The Hall–Kier alpha value is -2.43. The monoisotopic (exact) mass is 288 g/mol. The van der Waals surface area contributed by atoms with Gasteiger partial charge >= 0.3 is 11.6 Å². The molecule has 0 aliphatic carbocycles. The number of fused-ring (bicyclic) bond motifs is 1. The van der Waals surface area contributed by atoms with Crippen LogP contribution in [-0.2, 0) is 4.79 Å². The molecule has 0 aliphatic rings. The number of hydrogen-bond acceptors (Lipinski definition) is 5. The fourth-order valence-electron chi connectivity index (χ4n) is 1.66. The summed E-state index contributed by atoms with van der Waals surface area (Å²) in [6.07, 6.45) is 0. The van der Waals surface area contributed by atoms with Gasteiger partial charge in [0.1, 0.15) is 16.9 Å². The number of hydrogen-bond donors (Lipinski definition) is 0. The van der Waals surface area contributed by atoms with Crippen LogP contribution in [0.2, 0.25) is 0 Å². The highest BCUT2D eigenvalue weighted by atomic mass is 16.5. The third kappa shape index (κ3) is 3.18. The Kier molecular flexibility index (Phi) is 3.68. The summed E-state index contributed by atoms with van der Waals surface area (Å²) < 4.78 is 10.3. The molecule has 0 saturated heterocycles. The van der Waals surface area contributed by atoms with Crippen LogP contribution in [0.1, 0.15) is 38.1 Å². The molecule has 0 aliphatic heterocycles. The maximum atomic E-state index is 11.8. The molecule has 2 aromatic rings. The van der Waals surface area contributed by atoms with Crippen LogP contribution in [0, 0.1) is 5.41 Å². The largest absolute Gasteiger partial charge is 0.426 e. The lowest BCUT2D eigenvalue weighted by Crippen LogP contribution is -2.25. The molecule has 110 valence electrons. The van der Waals surface area contributed by atoms with Crippen LogP contribution in [0.25, 0.3) is 11.0 Å². The Bertz CT molecular complexity index is 777. The second-order valence-corrected chi connectivity index (χ2v) is 5.84. The van der Waals surface area contributed by atoms with Gasteiger partial charge in [-0.15, -0.1) is 0 Å². The molecule has 0 bridgehead atoms. The van der Waals surface area contributed by atoms with Gasteiger partial charge in [0.05, 0.1) is 5.41 Å². The van der Waals surface area contributed by atoms with Crippen molar-refractivity contribution in [2.75, 3.05) is 0 Å². The van der Waals surface area contributed by atoms with Gasteiger partial charge in [-0.25, -0.2) is 4.79 Å². The van der Waals surface area contributed by atoms with Crippen LogP contribution >= 0.6 is 0 Å². The maximum Gasteiger partial charge on any atom is 0.347 e. The third-order valence-corrected chi connectivity index (χ3v) is 2.91. The average Bonchev–Trinajstić information content (AvgIpc) is 2.36. The fourth-order valence-corrected chi connectivity index (χ4v) is 1.66. The van der Waals surface area contributed by atoms with E-state index in [1.54, 1.807) is 32.9 Å². The molecular weight excluding hydrogens is 272 g/mol. The molecule has 5 heteroatoms. The minimum Gasteiger partial charge on any atom is -0.426 e. The summed E-state index contributed by atoms with van der Waals surface area (Å²) in [5.41, 5.74) is -1.06. The molecule has 0 N–H and O–H groups in total. The second-order valence-electron chi connectivity index (χ2n) is 5.84. The van der Waals surface area contributed by atoms with Crippen molar-refractivity contribution in [2.24, 2.45) is 5.41 Å². The van der Waals surface area contributed by atoms with E-state index in [0.717, 1.165) is 0 Å². The summed E-state index contributed by atoms with van der Waals surface area (Å²) in [6, 6.07) is 6.16. The Morgan fingerprint density at radius 1 is 1.14 bits per heavy atom. The first-order chi connectivity index (χ1) is 9.68. The van der Waals surface area contributed by atoms with Gasteiger partial charge in [0, 0.05) is 11.5 Å². The standard InChI is InChI=1S/C16H16O5/c1-9(17)12-7-10-5-6-11(8-13(10)21-14(12)18)20-15(19)16(2,3)4/h5-8H,1-4H3. The van der Waals surface area contributed by atoms with Crippen molar-refractivity contribution in [3.05, 3.63) is 40.2 Å². The van der Waals surface area contributed by atoms with Crippen LogP contribution in [0.4, 0.5) is 0 Å². The zero-order valence-corrected chi connectivity index (χ0v) is 12.4. The van der Waals surface area contributed by atoms with Crippen LogP contribution in [0.5, 0.6) is 5.75 Å². The summed E-state index contributed by atoms with van der Waals surface area (Å²) in [7, 11) is 0. The van der Waals surface area contributed by atoms with Crippen LogP contribution < -0.4 is 10.4 Å². The summed E-state index contributed by atoms with van der Waals surface area (Å²) in [5.74, 6) is -0.445. The van der Waals surface area contributed by atoms with Crippen molar-refractivity contribution in [3.63, 3.8) is 0 Å². The fraction of sp³-hybridized carbons (Fsp3) is 0.312. The number of esters is 1. The van der Waals surface area contributed by atoms with Crippen molar-refractivity contribution >= 4 is 22.7 Å².